The zero-order valence-electron chi connectivity index (χ0n) is 12.0. The van der Waals surface area contributed by atoms with Gasteiger partial charge in [-0.2, -0.15) is 10.1 Å². The maximum atomic E-state index is 12.2. The summed E-state index contributed by atoms with van der Waals surface area (Å²) in [6.45, 7) is 0. The molecule has 1 aromatic carbocycles. The fraction of sp³-hybridized carbons (Fsp3) is 0.200. The Morgan fingerprint density at radius 1 is 1.26 bits per heavy atom. The van der Waals surface area contributed by atoms with Gasteiger partial charge in [0, 0.05) is 17.0 Å². The Bertz CT molecular complexity index is 893. The number of rotatable bonds is 4. The van der Waals surface area contributed by atoms with Gasteiger partial charge in [-0.3, -0.25) is 20.0 Å². The average molecular weight is 311 g/mol. The summed E-state index contributed by atoms with van der Waals surface area (Å²) in [6.07, 6.45) is 4.69. The van der Waals surface area contributed by atoms with Crippen LogP contribution < -0.4 is 10.6 Å². The van der Waals surface area contributed by atoms with E-state index in [2.05, 4.69) is 25.8 Å². The molecule has 8 nitrogen and oxygen atoms in total. The third-order valence-corrected chi connectivity index (χ3v) is 3.61. The highest BCUT2D eigenvalue weighted by atomic mass is 16.4. The molecule has 3 aromatic rings. The molecule has 4 rings (SSSR count). The van der Waals surface area contributed by atoms with Crippen LogP contribution in [0.3, 0.4) is 0 Å². The molecule has 3 N–H and O–H groups in total. The van der Waals surface area contributed by atoms with Gasteiger partial charge in [0.1, 0.15) is 6.26 Å². The Balaban J connectivity index is 1.45. The van der Waals surface area contributed by atoms with Crippen LogP contribution in [-0.2, 0) is 4.79 Å². The van der Waals surface area contributed by atoms with Gasteiger partial charge in [-0.15, -0.1) is 0 Å². The van der Waals surface area contributed by atoms with E-state index in [1.54, 1.807) is 18.3 Å². The van der Waals surface area contributed by atoms with Crippen LogP contribution in [0.5, 0.6) is 0 Å². The van der Waals surface area contributed by atoms with Gasteiger partial charge >= 0.3 is 6.01 Å². The number of nitrogens with zero attached hydrogens (tertiary/aromatic N) is 2. The lowest BCUT2D eigenvalue weighted by atomic mass is 10.2. The average Bonchev–Trinajstić information content (AvgIpc) is 3.11. The van der Waals surface area contributed by atoms with E-state index in [-0.39, 0.29) is 23.5 Å². The molecule has 116 valence electrons. The monoisotopic (exact) mass is 311 g/mol. The number of aromatic nitrogens is 3. The zero-order valence-corrected chi connectivity index (χ0v) is 12.0. The summed E-state index contributed by atoms with van der Waals surface area (Å²) in [6, 6.07) is 5.43. The number of benzene rings is 1. The fourth-order valence-corrected chi connectivity index (χ4v) is 2.20. The molecule has 2 heterocycles. The minimum absolute atomic E-state index is 0.0380. The van der Waals surface area contributed by atoms with Gasteiger partial charge in [-0.25, -0.2) is 0 Å². The van der Waals surface area contributed by atoms with Crippen LogP contribution in [-0.4, -0.2) is 27.0 Å². The van der Waals surface area contributed by atoms with Gasteiger partial charge in [-0.1, -0.05) is 0 Å². The van der Waals surface area contributed by atoms with E-state index in [0.29, 0.717) is 5.69 Å². The molecule has 0 bridgehead atoms. The van der Waals surface area contributed by atoms with Gasteiger partial charge in [-0.05, 0) is 31.0 Å². The van der Waals surface area contributed by atoms with E-state index < -0.39 is 5.91 Å². The Kier molecular flexibility index (Phi) is 3.07. The van der Waals surface area contributed by atoms with Crippen LogP contribution in [0.25, 0.3) is 10.9 Å². The zero-order chi connectivity index (χ0) is 15.8. The van der Waals surface area contributed by atoms with E-state index in [4.69, 9.17) is 4.42 Å². The van der Waals surface area contributed by atoms with Crippen molar-refractivity contribution in [1.29, 1.82) is 0 Å². The maximum absolute atomic E-state index is 12.2. The molecule has 1 fully saturated rings. The van der Waals surface area contributed by atoms with Crippen molar-refractivity contribution >= 4 is 34.4 Å². The summed E-state index contributed by atoms with van der Waals surface area (Å²) in [5.41, 5.74) is 1.53. The number of hydrogen-bond acceptors (Lipinski definition) is 5. The molecule has 1 aliphatic rings. The van der Waals surface area contributed by atoms with E-state index in [1.165, 1.54) is 6.26 Å². The number of carbonyl (C=O) groups excluding carboxylic acids is 2. The molecule has 1 saturated carbocycles. The number of aromatic amines is 1. The van der Waals surface area contributed by atoms with Gasteiger partial charge in [0.2, 0.25) is 5.91 Å². The minimum atomic E-state index is -0.417. The molecule has 2 aromatic heterocycles. The topological polar surface area (TPSA) is 113 Å². The molecule has 0 unspecified atom stereocenters. The lowest BCUT2D eigenvalue weighted by molar-refractivity contribution is -0.117. The summed E-state index contributed by atoms with van der Waals surface area (Å²) < 4.78 is 5.11. The van der Waals surface area contributed by atoms with Crippen molar-refractivity contribution in [2.45, 2.75) is 12.8 Å². The number of H-pyrrole nitrogens is 1. The van der Waals surface area contributed by atoms with E-state index >= 15 is 0 Å². The highest BCUT2D eigenvalue weighted by molar-refractivity contribution is 6.04. The van der Waals surface area contributed by atoms with Crippen molar-refractivity contribution in [3.63, 3.8) is 0 Å². The second kappa shape index (κ2) is 5.24. The van der Waals surface area contributed by atoms with Gasteiger partial charge in [0.15, 0.2) is 5.69 Å². The van der Waals surface area contributed by atoms with Gasteiger partial charge in [0.25, 0.3) is 5.91 Å². The first-order valence-corrected chi connectivity index (χ1v) is 7.20. The van der Waals surface area contributed by atoms with Crippen molar-refractivity contribution < 1.29 is 14.0 Å². The molecule has 0 radical (unpaired) electrons. The number of carbonyl (C=O) groups is 2. The van der Waals surface area contributed by atoms with Gasteiger partial charge < -0.3 is 9.73 Å². The lowest BCUT2D eigenvalue weighted by Gasteiger charge is -2.02. The predicted octanol–water partition coefficient (Wildman–Crippen LogP) is 2.15. The molecule has 8 heteroatoms. The maximum Gasteiger partial charge on any atom is 0.302 e. The predicted molar refractivity (Wildman–Crippen MR) is 81.9 cm³/mol. The Morgan fingerprint density at radius 2 is 2.13 bits per heavy atom. The highest BCUT2D eigenvalue weighted by Crippen LogP contribution is 2.30. The molecule has 2 amide bonds. The molecule has 0 aliphatic heterocycles. The number of hydrogen-bond donors (Lipinski definition) is 3. The fourth-order valence-electron chi connectivity index (χ4n) is 2.20. The standard InChI is InChI=1S/C15H13N5O3/c21-13(8-1-2-8)19-15-18-12(7-23-15)14(22)17-10-4-3-9-6-16-20-11(9)5-10/h3-8H,1-2H2,(H,16,20)(H,17,22)(H,18,19,21). The molecule has 23 heavy (non-hydrogen) atoms. The quantitative estimate of drug-likeness (QED) is 0.683. The number of amides is 2. The second-order valence-electron chi connectivity index (χ2n) is 5.43. The van der Waals surface area contributed by atoms with E-state index in [1.807, 2.05) is 6.07 Å². The molecular formula is C15H13N5O3. The number of oxazole rings is 1. The third-order valence-electron chi connectivity index (χ3n) is 3.61. The van der Waals surface area contributed by atoms with Crippen molar-refractivity contribution in [2.75, 3.05) is 10.6 Å². The van der Waals surface area contributed by atoms with Crippen LogP contribution >= 0.6 is 0 Å². The number of anilines is 2. The lowest BCUT2D eigenvalue weighted by Crippen LogP contribution is -2.15. The second-order valence-corrected chi connectivity index (χ2v) is 5.43. The van der Waals surface area contributed by atoms with Crippen molar-refractivity contribution in [1.82, 2.24) is 15.2 Å². The first-order chi connectivity index (χ1) is 11.2. The van der Waals surface area contributed by atoms with Crippen LogP contribution in [0, 0.1) is 5.92 Å². The Labute approximate surface area is 130 Å². The first-order valence-electron chi connectivity index (χ1n) is 7.20. The van der Waals surface area contributed by atoms with E-state index in [9.17, 15) is 9.59 Å². The molecular weight excluding hydrogens is 298 g/mol. The molecule has 0 saturated heterocycles. The summed E-state index contributed by atoms with van der Waals surface area (Å²) >= 11 is 0. The van der Waals surface area contributed by atoms with Crippen LogP contribution in [0.4, 0.5) is 11.7 Å². The van der Waals surface area contributed by atoms with Crippen molar-refractivity contribution in [2.24, 2.45) is 5.92 Å². The Morgan fingerprint density at radius 3 is 2.96 bits per heavy atom. The SMILES string of the molecule is O=C(Nc1ccc2cn[nH]c2c1)c1coc(NC(=O)C2CC2)n1. The van der Waals surface area contributed by atoms with Crippen LogP contribution in [0.15, 0.2) is 35.1 Å². The van der Waals surface area contributed by atoms with E-state index in [0.717, 1.165) is 23.7 Å². The molecule has 0 atom stereocenters. The third kappa shape index (κ3) is 2.78. The molecule has 0 spiro atoms. The summed E-state index contributed by atoms with van der Waals surface area (Å²) in [5.74, 6) is -0.497. The van der Waals surface area contributed by atoms with Crippen LogP contribution in [0.1, 0.15) is 23.3 Å². The summed E-state index contributed by atoms with van der Waals surface area (Å²) in [4.78, 5) is 27.8. The normalized spacial score (nSPS) is 13.9. The van der Waals surface area contributed by atoms with Crippen molar-refractivity contribution in [3.8, 4) is 0 Å². The van der Waals surface area contributed by atoms with Gasteiger partial charge in [0.05, 0.1) is 11.7 Å². The minimum Gasteiger partial charge on any atom is -0.431 e. The Hall–Kier alpha value is -3.16. The summed E-state index contributed by atoms with van der Waals surface area (Å²) in [7, 11) is 0. The number of nitrogens with one attached hydrogen (secondary N) is 3. The number of fused-ring (bicyclic) bond motifs is 1. The highest BCUT2D eigenvalue weighted by Gasteiger charge is 2.30. The van der Waals surface area contributed by atoms with Crippen LogP contribution in [0.2, 0.25) is 0 Å². The largest absolute Gasteiger partial charge is 0.431 e. The smallest absolute Gasteiger partial charge is 0.302 e. The first kappa shape index (κ1) is 13.5. The molecule has 1 aliphatic carbocycles. The van der Waals surface area contributed by atoms with Crippen molar-refractivity contribution in [3.05, 3.63) is 36.4 Å². The summed E-state index contributed by atoms with van der Waals surface area (Å²) in [5, 5.41) is 13.0.